The Morgan fingerprint density at radius 3 is 2.48 bits per heavy atom. The van der Waals surface area contributed by atoms with Crippen LogP contribution in [0, 0.1) is 13.8 Å². The molecular weight excluding hydrogens is 376 g/mol. The Hall–Kier alpha value is -2.57. The second-order valence-corrected chi connectivity index (χ2v) is 8.11. The van der Waals surface area contributed by atoms with Crippen molar-refractivity contribution in [3.05, 3.63) is 76.0 Å². The molecule has 0 radical (unpaired) electrons. The smallest absolute Gasteiger partial charge is 0.265 e. The molecular formula is C21H20N2O2S2. The summed E-state index contributed by atoms with van der Waals surface area (Å²) in [5, 5.41) is 7.70. The Kier molecular flexibility index (Phi) is 6.32. The average molecular weight is 397 g/mol. The molecule has 0 spiro atoms. The van der Waals surface area contributed by atoms with E-state index in [-0.39, 0.29) is 11.8 Å². The van der Waals surface area contributed by atoms with Crippen LogP contribution in [-0.2, 0) is 4.79 Å². The quantitative estimate of drug-likeness (QED) is 0.552. The molecule has 2 aromatic carbocycles. The van der Waals surface area contributed by atoms with Crippen LogP contribution in [0.1, 0.15) is 20.8 Å². The molecule has 0 aliphatic heterocycles. The van der Waals surface area contributed by atoms with Gasteiger partial charge in [-0.3, -0.25) is 9.59 Å². The second-order valence-electron chi connectivity index (χ2n) is 6.11. The maximum atomic E-state index is 12.2. The molecule has 0 bridgehead atoms. The third-order valence-electron chi connectivity index (χ3n) is 3.89. The highest BCUT2D eigenvalue weighted by Gasteiger charge is 2.08. The summed E-state index contributed by atoms with van der Waals surface area (Å²) in [4.78, 5) is 25.9. The van der Waals surface area contributed by atoms with Crippen LogP contribution in [0.15, 0.2) is 64.9 Å². The van der Waals surface area contributed by atoms with Crippen LogP contribution in [-0.4, -0.2) is 17.6 Å². The molecule has 0 unspecified atom stereocenters. The van der Waals surface area contributed by atoms with E-state index in [9.17, 15) is 9.59 Å². The Morgan fingerprint density at radius 1 is 1.00 bits per heavy atom. The molecule has 3 aromatic rings. The van der Waals surface area contributed by atoms with Crippen molar-refractivity contribution in [2.24, 2.45) is 0 Å². The molecule has 2 amide bonds. The molecule has 0 aliphatic carbocycles. The number of carbonyl (C=O) groups excluding carboxylic acids is 2. The highest BCUT2D eigenvalue weighted by Crippen LogP contribution is 2.22. The number of rotatable bonds is 6. The van der Waals surface area contributed by atoms with Gasteiger partial charge in [0, 0.05) is 16.3 Å². The molecule has 27 heavy (non-hydrogen) atoms. The van der Waals surface area contributed by atoms with Gasteiger partial charge in [0.15, 0.2) is 0 Å². The van der Waals surface area contributed by atoms with E-state index in [1.807, 2.05) is 67.8 Å². The van der Waals surface area contributed by atoms with Gasteiger partial charge in [0.05, 0.1) is 10.6 Å². The van der Waals surface area contributed by atoms with Crippen molar-refractivity contribution < 1.29 is 9.59 Å². The summed E-state index contributed by atoms with van der Waals surface area (Å²) in [6, 6.07) is 17.1. The summed E-state index contributed by atoms with van der Waals surface area (Å²) >= 11 is 2.87. The normalized spacial score (nSPS) is 10.4. The number of amides is 2. The maximum Gasteiger partial charge on any atom is 0.265 e. The third kappa shape index (κ3) is 5.45. The number of hydrogen-bond donors (Lipinski definition) is 2. The molecule has 4 nitrogen and oxygen atoms in total. The summed E-state index contributed by atoms with van der Waals surface area (Å²) in [7, 11) is 0. The van der Waals surface area contributed by atoms with Gasteiger partial charge in [-0.05, 0) is 66.8 Å². The molecule has 2 N–H and O–H groups in total. The van der Waals surface area contributed by atoms with Crippen LogP contribution in [0.4, 0.5) is 11.4 Å². The van der Waals surface area contributed by atoms with E-state index >= 15 is 0 Å². The molecule has 138 valence electrons. The molecule has 3 rings (SSSR count). The SMILES string of the molecule is Cc1ccc(C)c(NC(=O)CSc2ccc(NC(=O)c3cccs3)cc2)c1. The van der Waals surface area contributed by atoms with Crippen LogP contribution >= 0.6 is 23.1 Å². The first-order valence-electron chi connectivity index (χ1n) is 8.46. The van der Waals surface area contributed by atoms with Gasteiger partial charge in [0.1, 0.15) is 0 Å². The number of nitrogens with one attached hydrogen (secondary N) is 2. The molecule has 0 atom stereocenters. The number of benzene rings is 2. The first-order chi connectivity index (χ1) is 13.0. The highest BCUT2D eigenvalue weighted by atomic mass is 32.2. The Morgan fingerprint density at radius 2 is 1.78 bits per heavy atom. The van der Waals surface area contributed by atoms with E-state index in [0.29, 0.717) is 10.6 Å². The predicted octanol–water partition coefficient (Wildman–Crippen LogP) is 5.35. The molecule has 0 saturated carbocycles. The van der Waals surface area contributed by atoms with Crippen LogP contribution in [0.2, 0.25) is 0 Å². The van der Waals surface area contributed by atoms with E-state index in [2.05, 4.69) is 10.6 Å². The van der Waals surface area contributed by atoms with Crippen molar-refractivity contribution in [2.45, 2.75) is 18.7 Å². The van der Waals surface area contributed by atoms with Crippen LogP contribution < -0.4 is 10.6 Å². The van der Waals surface area contributed by atoms with Crippen LogP contribution in [0.5, 0.6) is 0 Å². The van der Waals surface area contributed by atoms with Gasteiger partial charge in [-0.15, -0.1) is 23.1 Å². The maximum absolute atomic E-state index is 12.2. The minimum Gasteiger partial charge on any atom is -0.325 e. The number of carbonyl (C=O) groups is 2. The zero-order valence-electron chi connectivity index (χ0n) is 15.1. The van der Waals surface area contributed by atoms with Crippen molar-refractivity contribution in [3.8, 4) is 0 Å². The lowest BCUT2D eigenvalue weighted by atomic mass is 10.1. The first kappa shape index (κ1) is 19.2. The summed E-state index contributed by atoms with van der Waals surface area (Å²) in [5.41, 5.74) is 3.75. The standard InChI is InChI=1S/C21H20N2O2S2/c1-14-5-6-15(2)18(12-14)23-20(24)13-27-17-9-7-16(8-10-17)22-21(25)19-4-3-11-26-19/h3-12H,13H2,1-2H3,(H,22,25)(H,23,24). The molecule has 0 aliphatic rings. The summed E-state index contributed by atoms with van der Waals surface area (Å²) in [5.74, 6) is 0.177. The van der Waals surface area contributed by atoms with E-state index < -0.39 is 0 Å². The fraction of sp³-hybridized carbons (Fsp3) is 0.143. The van der Waals surface area contributed by atoms with Gasteiger partial charge in [0.25, 0.3) is 5.91 Å². The van der Waals surface area contributed by atoms with Crippen molar-refractivity contribution in [1.29, 1.82) is 0 Å². The monoisotopic (exact) mass is 396 g/mol. The zero-order valence-corrected chi connectivity index (χ0v) is 16.7. The summed E-state index contributed by atoms with van der Waals surface area (Å²) in [6.07, 6.45) is 0. The third-order valence-corrected chi connectivity index (χ3v) is 5.77. The number of anilines is 2. The average Bonchev–Trinajstić information content (AvgIpc) is 3.19. The Bertz CT molecular complexity index is 935. The summed E-state index contributed by atoms with van der Waals surface area (Å²) in [6.45, 7) is 3.98. The number of aryl methyl sites for hydroxylation is 2. The van der Waals surface area contributed by atoms with Crippen molar-refractivity contribution in [2.75, 3.05) is 16.4 Å². The topological polar surface area (TPSA) is 58.2 Å². The van der Waals surface area contributed by atoms with Gasteiger partial charge in [-0.2, -0.15) is 0 Å². The minimum absolute atomic E-state index is 0.0382. The molecule has 1 aromatic heterocycles. The van der Waals surface area contributed by atoms with Crippen molar-refractivity contribution in [1.82, 2.24) is 0 Å². The molecule has 0 saturated heterocycles. The van der Waals surface area contributed by atoms with Crippen LogP contribution in [0.3, 0.4) is 0 Å². The second kappa shape index (κ2) is 8.88. The minimum atomic E-state index is -0.113. The molecule has 0 fully saturated rings. The lowest BCUT2D eigenvalue weighted by molar-refractivity contribution is -0.113. The van der Waals surface area contributed by atoms with E-state index in [4.69, 9.17) is 0 Å². The zero-order chi connectivity index (χ0) is 19.2. The Labute approximate surface area is 167 Å². The van der Waals surface area contributed by atoms with Gasteiger partial charge >= 0.3 is 0 Å². The fourth-order valence-electron chi connectivity index (χ4n) is 2.44. The first-order valence-corrected chi connectivity index (χ1v) is 10.3. The van der Waals surface area contributed by atoms with E-state index in [0.717, 1.165) is 27.4 Å². The van der Waals surface area contributed by atoms with E-state index in [1.54, 1.807) is 6.07 Å². The van der Waals surface area contributed by atoms with E-state index in [1.165, 1.54) is 23.1 Å². The molecule has 1 heterocycles. The van der Waals surface area contributed by atoms with Crippen molar-refractivity contribution in [3.63, 3.8) is 0 Å². The van der Waals surface area contributed by atoms with Gasteiger partial charge in [0.2, 0.25) is 5.91 Å². The lowest BCUT2D eigenvalue weighted by Crippen LogP contribution is -2.15. The highest BCUT2D eigenvalue weighted by molar-refractivity contribution is 8.00. The van der Waals surface area contributed by atoms with Gasteiger partial charge < -0.3 is 10.6 Å². The van der Waals surface area contributed by atoms with Crippen LogP contribution in [0.25, 0.3) is 0 Å². The van der Waals surface area contributed by atoms with Gasteiger partial charge in [-0.1, -0.05) is 18.2 Å². The largest absolute Gasteiger partial charge is 0.325 e. The number of hydrogen-bond acceptors (Lipinski definition) is 4. The lowest BCUT2D eigenvalue weighted by Gasteiger charge is -2.09. The number of thiophene rings is 1. The summed E-state index contributed by atoms with van der Waals surface area (Å²) < 4.78 is 0. The predicted molar refractivity (Wildman–Crippen MR) is 114 cm³/mol. The molecule has 6 heteroatoms. The number of thioether (sulfide) groups is 1. The fourth-order valence-corrected chi connectivity index (χ4v) is 3.76. The Balaban J connectivity index is 1.51. The van der Waals surface area contributed by atoms with Gasteiger partial charge in [-0.25, -0.2) is 0 Å². The van der Waals surface area contributed by atoms with Crippen molar-refractivity contribution >= 4 is 46.3 Å².